The van der Waals surface area contributed by atoms with Crippen LogP contribution in [0.5, 0.6) is 5.88 Å². The Morgan fingerprint density at radius 1 is 1.25 bits per heavy atom. The van der Waals surface area contributed by atoms with Crippen LogP contribution in [0.3, 0.4) is 0 Å². The van der Waals surface area contributed by atoms with Crippen LogP contribution in [0, 0.1) is 12.7 Å². The molecule has 0 fully saturated rings. The third-order valence-electron chi connectivity index (χ3n) is 4.93. The minimum absolute atomic E-state index is 0.0715. The highest BCUT2D eigenvalue weighted by atomic mass is 19.1. The smallest absolute Gasteiger partial charge is 0.219 e. The van der Waals surface area contributed by atoms with E-state index in [1.165, 1.54) is 12.1 Å². The Hall–Kier alpha value is -3.22. The molecule has 3 heterocycles. The monoisotopic (exact) mass is 381 g/mol. The summed E-state index contributed by atoms with van der Waals surface area (Å²) in [5.74, 6) is 0.931. The molecule has 0 bridgehead atoms. The second kappa shape index (κ2) is 7.42. The lowest BCUT2D eigenvalue weighted by molar-refractivity contribution is -0.129. The summed E-state index contributed by atoms with van der Waals surface area (Å²) >= 11 is 0. The second-order valence-electron chi connectivity index (χ2n) is 6.81. The first-order valence-electron chi connectivity index (χ1n) is 9.09. The zero-order valence-corrected chi connectivity index (χ0v) is 15.7. The van der Waals surface area contributed by atoms with Crippen molar-refractivity contribution in [1.29, 1.82) is 0 Å². The fraction of sp³-hybridized carbons (Fsp3) is 0.286. The van der Waals surface area contributed by atoms with E-state index >= 15 is 0 Å². The van der Waals surface area contributed by atoms with Crippen LogP contribution in [-0.4, -0.2) is 27.5 Å². The van der Waals surface area contributed by atoms with E-state index in [-0.39, 0.29) is 18.3 Å². The third-order valence-corrected chi connectivity index (χ3v) is 4.93. The molecule has 1 aromatic carbocycles. The molecule has 0 aliphatic carbocycles. The molecule has 144 valence electrons. The quantitative estimate of drug-likeness (QED) is 0.690. The van der Waals surface area contributed by atoms with E-state index in [4.69, 9.17) is 9.26 Å². The Kier molecular flexibility index (Phi) is 4.81. The largest absolute Gasteiger partial charge is 0.473 e. The van der Waals surface area contributed by atoms with E-state index in [0.29, 0.717) is 36.8 Å². The van der Waals surface area contributed by atoms with Gasteiger partial charge in [-0.1, -0.05) is 11.2 Å². The van der Waals surface area contributed by atoms with Crippen molar-refractivity contribution < 1.29 is 18.4 Å². The highest BCUT2D eigenvalue weighted by Crippen LogP contribution is 2.27. The zero-order chi connectivity index (χ0) is 19.7. The average molecular weight is 381 g/mol. The maximum Gasteiger partial charge on any atom is 0.219 e. The van der Waals surface area contributed by atoms with Gasteiger partial charge in [-0.15, -0.1) is 0 Å². The molecule has 0 radical (unpaired) electrons. The molecule has 28 heavy (non-hydrogen) atoms. The predicted octanol–water partition coefficient (Wildman–Crippen LogP) is 3.67. The Morgan fingerprint density at radius 2 is 2.04 bits per heavy atom. The van der Waals surface area contributed by atoms with Crippen LogP contribution in [0.1, 0.15) is 29.5 Å². The number of aryl methyl sites for hydroxylation is 1. The number of hydrogen-bond acceptors (Lipinski definition) is 5. The molecule has 0 N–H and O–H groups in total. The fourth-order valence-electron chi connectivity index (χ4n) is 3.29. The van der Waals surface area contributed by atoms with Crippen molar-refractivity contribution >= 4 is 5.91 Å². The van der Waals surface area contributed by atoms with Crippen molar-refractivity contribution in [3.8, 4) is 17.1 Å². The van der Waals surface area contributed by atoms with Gasteiger partial charge in [-0.05, 0) is 36.8 Å². The standard InChI is InChI=1S/C21H20FN3O3/c1-13-18(21(24-28-13)15-3-6-17(22)7-4-15)12-27-20-8-5-16-11-25(14(2)26)10-9-19(16)23-20/h3-8H,9-12H2,1-2H3. The molecule has 4 rings (SSSR count). The maximum atomic E-state index is 13.2. The number of pyridine rings is 1. The van der Waals surface area contributed by atoms with Gasteiger partial charge in [0.1, 0.15) is 23.9 Å². The number of aromatic nitrogens is 2. The summed E-state index contributed by atoms with van der Waals surface area (Å²) in [5.41, 5.74) is 4.19. The van der Waals surface area contributed by atoms with Crippen molar-refractivity contribution in [1.82, 2.24) is 15.0 Å². The number of amides is 1. The van der Waals surface area contributed by atoms with E-state index in [1.54, 1.807) is 24.0 Å². The van der Waals surface area contributed by atoms with Gasteiger partial charge in [-0.3, -0.25) is 4.79 Å². The molecule has 1 amide bonds. The van der Waals surface area contributed by atoms with Crippen LogP contribution in [0.15, 0.2) is 40.9 Å². The van der Waals surface area contributed by atoms with E-state index in [1.807, 2.05) is 19.1 Å². The first-order chi connectivity index (χ1) is 13.5. The molecule has 2 aromatic heterocycles. The zero-order valence-electron chi connectivity index (χ0n) is 15.7. The van der Waals surface area contributed by atoms with Crippen molar-refractivity contribution in [2.75, 3.05) is 6.54 Å². The van der Waals surface area contributed by atoms with Gasteiger partial charge < -0.3 is 14.2 Å². The number of halogens is 1. The Morgan fingerprint density at radius 3 is 2.79 bits per heavy atom. The van der Waals surface area contributed by atoms with Crippen LogP contribution in [-0.2, 0) is 24.4 Å². The summed E-state index contributed by atoms with van der Waals surface area (Å²) in [7, 11) is 0. The van der Waals surface area contributed by atoms with E-state index in [2.05, 4.69) is 10.1 Å². The van der Waals surface area contributed by atoms with Gasteiger partial charge in [0.2, 0.25) is 11.8 Å². The van der Waals surface area contributed by atoms with Crippen molar-refractivity contribution in [2.24, 2.45) is 0 Å². The molecule has 1 aliphatic rings. The Labute approximate surface area is 161 Å². The summed E-state index contributed by atoms with van der Waals surface area (Å²) in [6.45, 7) is 4.88. The molecular weight excluding hydrogens is 361 g/mol. The number of ether oxygens (including phenoxy) is 1. The normalized spacial score (nSPS) is 13.3. The van der Waals surface area contributed by atoms with Gasteiger partial charge in [0.25, 0.3) is 0 Å². The highest BCUT2D eigenvalue weighted by Gasteiger charge is 2.20. The van der Waals surface area contributed by atoms with Crippen LogP contribution in [0.25, 0.3) is 11.3 Å². The summed E-state index contributed by atoms with van der Waals surface area (Å²) in [5, 5.41) is 4.09. The van der Waals surface area contributed by atoms with Gasteiger partial charge in [0, 0.05) is 38.1 Å². The lowest BCUT2D eigenvalue weighted by atomic mass is 10.1. The SMILES string of the molecule is CC(=O)N1CCc2nc(OCc3c(-c4ccc(F)cc4)noc3C)ccc2C1. The summed E-state index contributed by atoms with van der Waals surface area (Å²) < 4.78 is 24.4. The topological polar surface area (TPSA) is 68.5 Å². The molecule has 7 heteroatoms. The molecule has 0 saturated carbocycles. The molecule has 0 unspecified atom stereocenters. The number of fused-ring (bicyclic) bond motifs is 1. The first-order valence-corrected chi connectivity index (χ1v) is 9.09. The van der Waals surface area contributed by atoms with Crippen molar-refractivity contribution in [2.45, 2.75) is 33.4 Å². The highest BCUT2D eigenvalue weighted by molar-refractivity contribution is 5.73. The van der Waals surface area contributed by atoms with Gasteiger partial charge >= 0.3 is 0 Å². The summed E-state index contributed by atoms with van der Waals surface area (Å²) in [4.78, 5) is 17.9. The number of carbonyl (C=O) groups excluding carboxylic acids is 1. The van der Waals surface area contributed by atoms with Gasteiger partial charge in [0.05, 0.1) is 11.3 Å². The van der Waals surface area contributed by atoms with Crippen LogP contribution in [0.2, 0.25) is 0 Å². The minimum atomic E-state index is -0.302. The van der Waals surface area contributed by atoms with E-state index < -0.39 is 0 Å². The van der Waals surface area contributed by atoms with Gasteiger partial charge in [-0.2, -0.15) is 0 Å². The van der Waals surface area contributed by atoms with Crippen LogP contribution in [0.4, 0.5) is 4.39 Å². The lowest BCUT2D eigenvalue weighted by Gasteiger charge is -2.27. The van der Waals surface area contributed by atoms with Crippen molar-refractivity contribution in [3.63, 3.8) is 0 Å². The number of nitrogens with zero attached hydrogens (tertiary/aromatic N) is 3. The minimum Gasteiger partial charge on any atom is -0.473 e. The number of rotatable bonds is 4. The first kappa shape index (κ1) is 18.2. The summed E-state index contributed by atoms with van der Waals surface area (Å²) in [6.07, 6.45) is 0.708. The molecule has 6 nitrogen and oxygen atoms in total. The molecule has 1 aliphatic heterocycles. The van der Waals surface area contributed by atoms with E-state index in [0.717, 1.165) is 22.4 Å². The van der Waals surface area contributed by atoms with Gasteiger partial charge in [-0.25, -0.2) is 9.37 Å². The van der Waals surface area contributed by atoms with Gasteiger partial charge in [0.15, 0.2) is 0 Å². The number of hydrogen-bond donors (Lipinski definition) is 0. The Bertz CT molecular complexity index is 1010. The molecule has 0 spiro atoms. The van der Waals surface area contributed by atoms with Crippen molar-refractivity contribution in [3.05, 3.63) is 64.8 Å². The van der Waals surface area contributed by atoms with Crippen LogP contribution >= 0.6 is 0 Å². The molecular formula is C21H20FN3O3. The van der Waals surface area contributed by atoms with Crippen LogP contribution < -0.4 is 4.74 Å². The number of benzene rings is 1. The van der Waals surface area contributed by atoms with E-state index in [9.17, 15) is 9.18 Å². The maximum absolute atomic E-state index is 13.2. The summed E-state index contributed by atoms with van der Waals surface area (Å²) in [6, 6.07) is 9.86. The molecule has 0 atom stereocenters. The average Bonchev–Trinajstić information content (AvgIpc) is 3.06. The Balaban J connectivity index is 1.51. The molecule has 0 saturated heterocycles. The fourth-order valence-corrected chi connectivity index (χ4v) is 3.29. The third kappa shape index (κ3) is 3.60. The lowest BCUT2D eigenvalue weighted by Crippen LogP contribution is -2.34. The second-order valence-corrected chi connectivity index (χ2v) is 6.81. The number of carbonyl (C=O) groups is 1. The molecule has 3 aromatic rings. The predicted molar refractivity (Wildman–Crippen MR) is 100.0 cm³/mol.